The van der Waals surface area contributed by atoms with Gasteiger partial charge in [0.1, 0.15) is 11.8 Å². The minimum atomic E-state index is -0.598. The molecular weight excluding hydrogens is 478 g/mol. The number of nitrogens with zero attached hydrogens (tertiary/aromatic N) is 1. The molecule has 2 heterocycles. The number of hydrogen-bond acceptors (Lipinski definition) is 5. The highest BCUT2D eigenvalue weighted by Gasteiger charge is 2.31. The molecule has 1 aliphatic rings. The minimum absolute atomic E-state index is 0.0703. The van der Waals surface area contributed by atoms with E-state index in [9.17, 15) is 9.59 Å². The van der Waals surface area contributed by atoms with Gasteiger partial charge in [0, 0.05) is 41.3 Å². The van der Waals surface area contributed by atoms with Crippen LogP contribution in [0.3, 0.4) is 0 Å². The number of fused-ring (bicyclic) bond motifs is 1. The van der Waals surface area contributed by atoms with Gasteiger partial charge >= 0.3 is 6.09 Å². The lowest BCUT2D eigenvalue weighted by atomic mass is 9.90. The normalized spacial score (nSPS) is 16.6. The van der Waals surface area contributed by atoms with Gasteiger partial charge in [-0.1, -0.05) is 41.9 Å². The van der Waals surface area contributed by atoms with Crippen LogP contribution in [0.4, 0.5) is 4.79 Å². The first-order valence-corrected chi connectivity index (χ1v) is 12.7. The Morgan fingerprint density at radius 1 is 1.14 bits per heavy atom. The fourth-order valence-electron chi connectivity index (χ4n) is 4.55. The second-order valence-electron chi connectivity index (χ2n) is 10.3. The number of Topliss-reactive ketones (excluding diaryl/α,β-unsaturated/α-hetero) is 1. The summed E-state index contributed by atoms with van der Waals surface area (Å²) >= 11 is 6.49. The first kappa shape index (κ1) is 26.2. The lowest BCUT2D eigenvalue weighted by Gasteiger charge is -2.35. The third kappa shape index (κ3) is 6.27. The fourth-order valence-corrected chi connectivity index (χ4v) is 4.81. The molecule has 1 amide bonds. The summed E-state index contributed by atoms with van der Waals surface area (Å²) in [6.07, 6.45) is 2.39. The molecule has 36 heavy (non-hydrogen) atoms. The van der Waals surface area contributed by atoms with Gasteiger partial charge in [-0.05, 0) is 62.8 Å². The number of halogens is 1. The van der Waals surface area contributed by atoms with E-state index in [-0.39, 0.29) is 24.4 Å². The Morgan fingerprint density at radius 3 is 2.56 bits per heavy atom. The number of aromatic nitrogens is 1. The maximum absolute atomic E-state index is 13.6. The molecule has 3 aromatic rings. The van der Waals surface area contributed by atoms with E-state index >= 15 is 0 Å². The van der Waals surface area contributed by atoms with Crippen LogP contribution in [-0.4, -0.2) is 53.3 Å². The lowest BCUT2D eigenvalue weighted by molar-refractivity contribution is -0.0187. The number of carbonyl (C=O) groups excluding carboxylic acids is 2. The van der Waals surface area contributed by atoms with E-state index in [4.69, 9.17) is 26.8 Å². The molecule has 8 heteroatoms. The summed E-state index contributed by atoms with van der Waals surface area (Å²) in [7, 11) is 0. The van der Waals surface area contributed by atoms with Crippen LogP contribution in [0.15, 0.2) is 54.7 Å². The van der Waals surface area contributed by atoms with E-state index in [2.05, 4.69) is 4.98 Å². The van der Waals surface area contributed by atoms with E-state index in [1.54, 1.807) is 11.0 Å². The van der Waals surface area contributed by atoms with E-state index in [1.807, 2.05) is 69.4 Å². The Hall–Kier alpha value is -2.87. The van der Waals surface area contributed by atoms with Crippen LogP contribution in [0.5, 0.6) is 0 Å². The predicted octanol–water partition coefficient (Wildman–Crippen LogP) is 5.74. The summed E-state index contributed by atoms with van der Waals surface area (Å²) < 4.78 is 11.6. The van der Waals surface area contributed by atoms with E-state index < -0.39 is 17.7 Å². The van der Waals surface area contributed by atoms with Gasteiger partial charge in [-0.3, -0.25) is 4.79 Å². The van der Waals surface area contributed by atoms with Gasteiger partial charge < -0.3 is 25.1 Å². The van der Waals surface area contributed by atoms with Crippen molar-refractivity contribution >= 4 is 34.4 Å². The highest BCUT2D eigenvalue weighted by atomic mass is 35.5. The average Bonchev–Trinajstić information content (AvgIpc) is 3.32. The molecule has 1 aromatic heterocycles. The average molecular weight is 512 g/mol. The molecule has 3 N–H and O–H groups in total. The van der Waals surface area contributed by atoms with Gasteiger partial charge in [0.2, 0.25) is 0 Å². The van der Waals surface area contributed by atoms with Crippen molar-refractivity contribution in [3.05, 3.63) is 70.9 Å². The summed E-state index contributed by atoms with van der Waals surface area (Å²) in [5.74, 6) is -0.605. The minimum Gasteiger partial charge on any atom is -0.444 e. The molecule has 4 rings (SSSR count). The fraction of sp³-hybridized carbons (Fsp3) is 0.429. The van der Waals surface area contributed by atoms with Gasteiger partial charge in [-0.2, -0.15) is 0 Å². The van der Waals surface area contributed by atoms with Crippen molar-refractivity contribution in [2.45, 2.75) is 51.4 Å². The lowest BCUT2D eigenvalue weighted by Crippen LogP contribution is -2.46. The molecule has 7 nitrogen and oxygen atoms in total. The molecular formula is C28H34ClN3O4. The van der Waals surface area contributed by atoms with Crippen molar-refractivity contribution in [3.8, 4) is 0 Å². The zero-order valence-corrected chi connectivity index (χ0v) is 21.8. The SMILES string of the molecule is CC(C)(C)OC(=O)N1CCC(C(N)OCC(C(=O)c2ccc3cc[nH]c3c2)c2ccccc2Cl)CC1. The number of nitrogens with two attached hydrogens (primary N) is 1. The van der Waals surface area contributed by atoms with Crippen molar-refractivity contribution in [2.24, 2.45) is 11.7 Å². The smallest absolute Gasteiger partial charge is 0.410 e. The molecule has 1 aliphatic heterocycles. The number of hydrogen-bond donors (Lipinski definition) is 2. The van der Waals surface area contributed by atoms with Gasteiger partial charge in [-0.15, -0.1) is 0 Å². The van der Waals surface area contributed by atoms with Gasteiger partial charge in [0.05, 0.1) is 12.5 Å². The Bertz CT molecular complexity index is 1210. The molecule has 0 spiro atoms. The van der Waals surface area contributed by atoms with Gasteiger partial charge in [0.15, 0.2) is 5.78 Å². The zero-order valence-electron chi connectivity index (χ0n) is 21.0. The quantitative estimate of drug-likeness (QED) is 0.311. The summed E-state index contributed by atoms with van der Waals surface area (Å²) in [4.78, 5) is 30.9. The number of ketones is 1. The standard InChI is InChI=1S/C28H34ClN3O4/c1-28(2,3)36-27(34)32-14-11-19(12-15-32)26(30)35-17-22(21-6-4-5-7-23(21)29)25(33)20-9-8-18-10-13-31-24(18)16-20/h4-10,13,16,19,22,26,31H,11-12,14-15,17,30H2,1-3H3. The topological polar surface area (TPSA) is 97.7 Å². The molecule has 1 fully saturated rings. The number of nitrogens with one attached hydrogen (secondary N) is 1. The zero-order chi connectivity index (χ0) is 25.9. The van der Waals surface area contributed by atoms with E-state index in [0.717, 1.165) is 10.9 Å². The largest absolute Gasteiger partial charge is 0.444 e. The number of amides is 1. The van der Waals surface area contributed by atoms with Crippen molar-refractivity contribution in [2.75, 3.05) is 19.7 Å². The number of piperidine rings is 1. The second-order valence-corrected chi connectivity index (χ2v) is 10.7. The number of aromatic amines is 1. The predicted molar refractivity (Wildman–Crippen MR) is 141 cm³/mol. The van der Waals surface area contributed by atoms with Gasteiger partial charge in [0.25, 0.3) is 0 Å². The second kappa shape index (κ2) is 11.0. The first-order chi connectivity index (χ1) is 17.1. The molecule has 1 saturated heterocycles. The number of rotatable bonds is 7. The van der Waals surface area contributed by atoms with E-state index in [0.29, 0.717) is 42.1 Å². The van der Waals surface area contributed by atoms with E-state index in [1.165, 1.54) is 0 Å². The van der Waals surface area contributed by atoms with Crippen LogP contribution in [0.25, 0.3) is 10.9 Å². The third-order valence-electron chi connectivity index (χ3n) is 6.55. The highest BCUT2D eigenvalue weighted by Crippen LogP contribution is 2.30. The summed E-state index contributed by atoms with van der Waals surface area (Å²) in [6.45, 7) is 6.79. The first-order valence-electron chi connectivity index (χ1n) is 12.3. The molecule has 2 unspecified atom stereocenters. The summed E-state index contributed by atoms with van der Waals surface area (Å²) in [5, 5.41) is 1.55. The van der Waals surface area contributed by atoms with Crippen LogP contribution < -0.4 is 5.73 Å². The van der Waals surface area contributed by atoms with Crippen LogP contribution in [-0.2, 0) is 9.47 Å². The number of likely N-dealkylation sites (tertiary alicyclic amines) is 1. The van der Waals surface area contributed by atoms with Crippen molar-refractivity contribution < 1.29 is 19.1 Å². The summed E-state index contributed by atoms with van der Waals surface area (Å²) in [6, 6.07) is 14.9. The number of benzene rings is 2. The molecule has 2 atom stereocenters. The maximum atomic E-state index is 13.6. The Morgan fingerprint density at radius 2 is 1.86 bits per heavy atom. The van der Waals surface area contributed by atoms with Crippen molar-refractivity contribution in [3.63, 3.8) is 0 Å². The molecule has 0 radical (unpaired) electrons. The number of H-pyrrole nitrogens is 1. The van der Waals surface area contributed by atoms with Crippen molar-refractivity contribution in [1.29, 1.82) is 0 Å². The molecule has 0 aliphatic carbocycles. The van der Waals surface area contributed by atoms with Crippen molar-refractivity contribution in [1.82, 2.24) is 9.88 Å². The van der Waals surface area contributed by atoms with Crippen LogP contribution in [0.2, 0.25) is 5.02 Å². The number of ether oxygens (including phenoxy) is 2. The van der Waals surface area contributed by atoms with Crippen LogP contribution in [0.1, 0.15) is 55.5 Å². The van der Waals surface area contributed by atoms with Gasteiger partial charge in [-0.25, -0.2) is 4.79 Å². The molecule has 2 aromatic carbocycles. The van der Waals surface area contributed by atoms with Crippen LogP contribution >= 0.6 is 11.6 Å². The van der Waals surface area contributed by atoms with Crippen LogP contribution in [0, 0.1) is 5.92 Å². The molecule has 0 saturated carbocycles. The molecule has 0 bridgehead atoms. The Labute approximate surface area is 216 Å². The Balaban J connectivity index is 1.43. The highest BCUT2D eigenvalue weighted by molar-refractivity contribution is 6.31. The molecule has 192 valence electrons. The third-order valence-corrected chi connectivity index (χ3v) is 6.89. The monoisotopic (exact) mass is 511 g/mol. The maximum Gasteiger partial charge on any atom is 0.410 e. The number of carbonyl (C=O) groups is 2. The summed E-state index contributed by atoms with van der Waals surface area (Å²) in [5.41, 5.74) is 8.09. The Kier molecular flexibility index (Phi) is 8.03.